The van der Waals surface area contributed by atoms with E-state index in [2.05, 4.69) is 104 Å². The van der Waals surface area contributed by atoms with Gasteiger partial charge in [-0.3, -0.25) is 4.79 Å². The molecule has 3 aliphatic rings. The summed E-state index contributed by atoms with van der Waals surface area (Å²) in [5, 5.41) is 120. The van der Waals surface area contributed by atoms with Gasteiger partial charge in [0.15, 0.2) is 18.9 Å². The second-order valence-corrected chi connectivity index (χ2v) is 24.2. The van der Waals surface area contributed by atoms with E-state index < -0.39 is 124 Å². The van der Waals surface area contributed by atoms with Crippen LogP contribution < -0.4 is 5.32 Å². The summed E-state index contributed by atoms with van der Waals surface area (Å²) in [7, 11) is 0. The predicted molar refractivity (Wildman–Crippen MR) is 351 cm³/mol. The third kappa shape index (κ3) is 33.7. The van der Waals surface area contributed by atoms with Gasteiger partial charge in [0, 0.05) is 6.42 Å². The van der Waals surface area contributed by atoms with E-state index in [1.807, 2.05) is 6.08 Å². The van der Waals surface area contributed by atoms with Crippen LogP contribution in [-0.2, 0) is 33.2 Å². The van der Waals surface area contributed by atoms with Crippen molar-refractivity contribution in [2.24, 2.45) is 0 Å². The monoisotopic (exact) mass is 1280 g/mol. The van der Waals surface area contributed by atoms with E-state index in [9.17, 15) is 61.0 Å². The lowest BCUT2D eigenvalue weighted by atomic mass is 9.96. The molecule has 1 amide bonds. The minimum absolute atomic E-state index is 0.225. The number of hydrogen-bond donors (Lipinski definition) is 12. The minimum Gasteiger partial charge on any atom is -0.394 e. The lowest BCUT2D eigenvalue weighted by molar-refractivity contribution is -0.379. The molecule has 518 valence electrons. The fraction of sp³-hybridized carbons (Fsp3) is 0.761. The lowest BCUT2D eigenvalue weighted by Gasteiger charge is -2.48. The van der Waals surface area contributed by atoms with Crippen molar-refractivity contribution >= 4 is 5.91 Å². The molecule has 3 saturated heterocycles. The summed E-state index contributed by atoms with van der Waals surface area (Å²) in [6, 6.07) is -1.00. The Kier molecular flexibility index (Phi) is 46.8. The number of allylic oxidation sites excluding steroid dienone is 15. The van der Waals surface area contributed by atoms with Crippen molar-refractivity contribution in [2.45, 2.75) is 317 Å². The van der Waals surface area contributed by atoms with Gasteiger partial charge in [0.05, 0.1) is 38.6 Å². The first-order valence-electron chi connectivity index (χ1n) is 34.5. The van der Waals surface area contributed by atoms with Crippen LogP contribution in [0.25, 0.3) is 0 Å². The molecule has 17 atom stereocenters. The fourth-order valence-electron chi connectivity index (χ4n) is 11.0. The molecule has 19 heteroatoms. The number of rotatable bonds is 51. The Morgan fingerprint density at radius 2 is 0.778 bits per heavy atom. The Morgan fingerprint density at radius 3 is 1.24 bits per heavy atom. The Bertz CT molecular complexity index is 2010. The van der Waals surface area contributed by atoms with Gasteiger partial charge in [-0.05, 0) is 89.9 Å². The van der Waals surface area contributed by atoms with Crippen molar-refractivity contribution in [3.63, 3.8) is 0 Å². The molecule has 90 heavy (non-hydrogen) atoms. The van der Waals surface area contributed by atoms with E-state index in [1.165, 1.54) is 89.9 Å². The summed E-state index contributed by atoms with van der Waals surface area (Å²) in [4.78, 5) is 13.4. The van der Waals surface area contributed by atoms with E-state index >= 15 is 0 Å². The molecule has 3 rings (SSSR count). The van der Waals surface area contributed by atoms with E-state index in [1.54, 1.807) is 6.08 Å². The van der Waals surface area contributed by atoms with E-state index in [4.69, 9.17) is 28.4 Å². The predicted octanol–water partition coefficient (Wildman–Crippen LogP) is 8.88. The van der Waals surface area contributed by atoms with Crippen LogP contribution in [0.5, 0.6) is 0 Å². The number of amides is 1. The van der Waals surface area contributed by atoms with Gasteiger partial charge in [-0.2, -0.15) is 0 Å². The summed E-state index contributed by atoms with van der Waals surface area (Å²) in [6.07, 6.45) is 41.0. The maximum atomic E-state index is 13.4. The molecule has 3 fully saturated rings. The number of aliphatic hydroxyl groups excluding tert-OH is 11. The topological polar surface area (TPSA) is 307 Å². The molecule has 19 nitrogen and oxygen atoms in total. The van der Waals surface area contributed by atoms with Crippen molar-refractivity contribution in [3.05, 3.63) is 97.2 Å². The van der Waals surface area contributed by atoms with Crippen LogP contribution in [-0.4, -0.2) is 193 Å². The largest absolute Gasteiger partial charge is 0.394 e. The van der Waals surface area contributed by atoms with Gasteiger partial charge >= 0.3 is 0 Å². The van der Waals surface area contributed by atoms with Crippen LogP contribution in [0.1, 0.15) is 213 Å². The first-order valence-corrected chi connectivity index (χ1v) is 34.5. The number of unbranched alkanes of at least 4 members (excludes halogenated alkanes) is 21. The third-order valence-corrected chi connectivity index (χ3v) is 16.6. The summed E-state index contributed by atoms with van der Waals surface area (Å²) >= 11 is 0. The molecule has 0 spiro atoms. The van der Waals surface area contributed by atoms with Gasteiger partial charge in [-0.25, -0.2) is 0 Å². The molecule has 0 saturated carbocycles. The highest BCUT2D eigenvalue weighted by molar-refractivity contribution is 5.76. The maximum absolute atomic E-state index is 13.4. The number of ether oxygens (including phenoxy) is 6. The Balaban J connectivity index is 1.42. The zero-order valence-corrected chi connectivity index (χ0v) is 54.6. The Labute approximate surface area is 539 Å². The number of carbonyl (C=O) groups excluding carboxylic acids is 1. The van der Waals surface area contributed by atoms with Crippen molar-refractivity contribution < 1.29 is 89.4 Å². The van der Waals surface area contributed by atoms with Gasteiger partial charge in [-0.1, -0.05) is 214 Å². The highest BCUT2D eigenvalue weighted by Gasteiger charge is 2.53. The summed E-state index contributed by atoms with van der Waals surface area (Å²) in [6.45, 7) is 1.57. The highest BCUT2D eigenvalue weighted by Crippen LogP contribution is 2.33. The van der Waals surface area contributed by atoms with Gasteiger partial charge in [0.2, 0.25) is 5.91 Å². The van der Waals surface area contributed by atoms with Crippen molar-refractivity contribution in [2.75, 3.05) is 26.4 Å². The Morgan fingerprint density at radius 1 is 0.411 bits per heavy atom. The molecular formula is C71H121NO18. The average Bonchev–Trinajstić information content (AvgIpc) is 1.05. The minimum atomic E-state index is -1.99. The van der Waals surface area contributed by atoms with Gasteiger partial charge in [0.1, 0.15) is 73.2 Å². The molecule has 0 aromatic rings. The second kappa shape index (κ2) is 52.0. The molecule has 17 unspecified atom stereocenters. The maximum Gasteiger partial charge on any atom is 0.220 e. The van der Waals surface area contributed by atoms with Crippen LogP contribution in [0.4, 0.5) is 0 Å². The quantitative estimate of drug-likeness (QED) is 0.0200. The molecule has 0 bridgehead atoms. The SMILES string of the molecule is CC/C=C\C/C=C\C/C=C\C/C=C\C/C=C\CCCCCCCCCCCCCCCC(=O)NC(COC1OC(CO)C(OC2OC(CO)C(OC3OC(CO)C(O)C(O)C3O)C(O)C2O)C(O)C1O)C(O)/C=C/CC/C=C/CC/C=C/CCCCCCCC. The summed E-state index contributed by atoms with van der Waals surface area (Å²) in [5.74, 6) is -0.295. The van der Waals surface area contributed by atoms with Crippen molar-refractivity contribution in [1.29, 1.82) is 0 Å². The zero-order valence-electron chi connectivity index (χ0n) is 54.6. The molecule has 0 radical (unpaired) electrons. The van der Waals surface area contributed by atoms with Crippen LogP contribution in [0.2, 0.25) is 0 Å². The second-order valence-electron chi connectivity index (χ2n) is 24.2. The first-order chi connectivity index (χ1) is 43.8. The van der Waals surface area contributed by atoms with E-state index in [0.717, 1.165) is 89.9 Å². The van der Waals surface area contributed by atoms with Crippen LogP contribution in [0, 0.1) is 0 Å². The number of nitrogens with one attached hydrogen (secondary N) is 1. The molecule has 12 N–H and O–H groups in total. The number of carbonyl (C=O) groups is 1. The summed E-state index contributed by atoms with van der Waals surface area (Å²) in [5.41, 5.74) is 0. The molecule has 3 aliphatic heterocycles. The highest BCUT2D eigenvalue weighted by atomic mass is 16.8. The average molecular weight is 1280 g/mol. The molecular weight excluding hydrogens is 1150 g/mol. The van der Waals surface area contributed by atoms with Gasteiger partial charge in [0.25, 0.3) is 0 Å². The molecule has 3 heterocycles. The third-order valence-electron chi connectivity index (χ3n) is 16.6. The van der Waals surface area contributed by atoms with Crippen molar-refractivity contribution in [1.82, 2.24) is 5.32 Å². The standard InChI is InChI=1S/C71H121NO18/c1-3-5-7-9-11-13-15-17-19-21-22-23-24-25-26-27-28-29-30-31-32-33-35-37-39-41-43-45-47-49-59(77)72-54(55(76)48-46-44-42-40-38-36-34-20-18-16-14-12-10-8-6-4-2)53-85-69-65(83)62(80)67(57(51-74)87-69)90-71-66(84)63(81)68(58(52-75)88-71)89-70-64(82)61(79)60(78)56(50-73)86-70/h5,7,11,13,17-20,22-23,25-26,38,40,46,48,54-58,60-71,73-76,78-84H,3-4,6,8-10,12,14-16,21,24,27-37,39,41-45,47,49-53H2,1-2H3,(H,72,77)/b7-5-,13-11-,19-17-,20-18+,23-22-,26-25-,40-38+,48-46+. The lowest BCUT2D eigenvalue weighted by Crippen LogP contribution is -2.66. The molecule has 0 aromatic heterocycles. The van der Waals surface area contributed by atoms with Gasteiger partial charge in [-0.15, -0.1) is 0 Å². The zero-order chi connectivity index (χ0) is 65.4. The normalized spacial score (nSPS) is 28.7. The van der Waals surface area contributed by atoms with Crippen LogP contribution in [0.3, 0.4) is 0 Å². The van der Waals surface area contributed by atoms with Crippen LogP contribution >= 0.6 is 0 Å². The smallest absolute Gasteiger partial charge is 0.220 e. The molecule has 0 aromatic carbocycles. The van der Waals surface area contributed by atoms with Gasteiger partial charge < -0.3 is 89.9 Å². The van der Waals surface area contributed by atoms with E-state index in [0.29, 0.717) is 12.8 Å². The molecule has 0 aliphatic carbocycles. The summed E-state index contributed by atoms with van der Waals surface area (Å²) < 4.78 is 34.3. The number of hydrogen-bond acceptors (Lipinski definition) is 18. The Hall–Kier alpha value is -3.29. The fourth-order valence-corrected chi connectivity index (χ4v) is 11.0. The number of aliphatic hydroxyl groups is 11. The van der Waals surface area contributed by atoms with Crippen LogP contribution in [0.15, 0.2) is 97.2 Å². The van der Waals surface area contributed by atoms with Crippen molar-refractivity contribution in [3.8, 4) is 0 Å². The van der Waals surface area contributed by atoms with E-state index in [-0.39, 0.29) is 18.9 Å². The first kappa shape index (κ1) is 80.9.